The number of pyridine rings is 1. The molecule has 0 bridgehead atoms. The highest BCUT2D eigenvalue weighted by Crippen LogP contribution is 2.45. The fraction of sp³-hybridized carbons (Fsp3) is 0.273. The van der Waals surface area contributed by atoms with E-state index >= 15 is 0 Å². The lowest BCUT2D eigenvalue weighted by Crippen LogP contribution is -2.32. The van der Waals surface area contributed by atoms with Gasteiger partial charge < -0.3 is 9.64 Å². The average molecular weight is 414 g/mol. The maximum atomic E-state index is 14.1. The maximum absolute atomic E-state index is 14.1. The zero-order valence-corrected chi connectivity index (χ0v) is 16.8. The standard InChI is InChI=1S/C22H20F2N2O2S/c1-2-28-20(27)12-26-19(29-13-15-5-3-7-18(23)21(15)24)11-17(14-8-9-14)16-6-4-10-25-22(16)26/h3-7,10-11H,2,8-9,12-13H2,1H3. The molecule has 1 aliphatic heterocycles. The number of thioether (sulfide) groups is 1. The van der Waals surface area contributed by atoms with E-state index in [1.165, 1.54) is 23.4 Å². The zero-order chi connectivity index (χ0) is 20.4. The number of anilines is 1. The van der Waals surface area contributed by atoms with Crippen LogP contribution in [0.2, 0.25) is 0 Å². The third-order valence-electron chi connectivity index (χ3n) is 4.75. The van der Waals surface area contributed by atoms with Crippen molar-refractivity contribution in [3.05, 3.63) is 76.0 Å². The quantitative estimate of drug-likeness (QED) is 0.618. The highest BCUT2D eigenvalue weighted by atomic mass is 32.2. The summed E-state index contributed by atoms with van der Waals surface area (Å²) in [5, 5.41) is 0.766. The van der Waals surface area contributed by atoms with Crippen molar-refractivity contribution in [1.82, 2.24) is 4.98 Å². The number of esters is 1. The number of rotatable bonds is 6. The molecule has 150 valence electrons. The van der Waals surface area contributed by atoms with Gasteiger partial charge in [-0.3, -0.25) is 4.79 Å². The van der Waals surface area contributed by atoms with Crippen LogP contribution in [0, 0.1) is 11.6 Å². The van der Waals surface area contributed by atoms with Crippen LogP contribution < -0.4 is 4.90 Å². The minimum atomic E-state index is -0.864. The average Bonchev–Trinajstić information content (AvgIpc) is 3.55. The molecule has 7 heteroatoms. The van der Waals surface area contributed by atoms with Crippen molar-refractivity contribution in [3.8, 4) is 0 Å². The first-order valence-corrected chi connectivity index (χ1v) is 10.4. The molecule has 2 aliphatic rings. The summed E-state index contributed by atoms with van der Waals surface area (Å²) in [4.78, 5) is 18.5. The highest BCUT2D eigenvalue weighted by molar-refractivity contribution is 8.02. The van der Waals surface area contributed by atoms with Crippen LogP contribution in [-0.4, -0.2) is 24.1 Å². The number of halogens is 2. The van der Waals surface area contributed by atoms with Gasteiger partial charge in [-0.1, -0.05) is 17.7 Å². The summed E-state index contributed by atoms with van der Waals surface area (Å²) in [5.74, 6) is -1.15. The van der Waals surface area contributed by atoms with E-state index in [2.05, 4.69) is 4.98 Å². The van der Waals surface area contributed by atoms with E-state index < -0.39 is 11.6 Å². The molecule has 1 saturated carbocycles. The number of aromatic nitrogens is 1. The molecule has 29 heavy (non-hydrogen) atoms. The fourth-order valence-electron chi connectivity index (χ4n) is 3.25. The van der Waals surface area contributed by atoms with E-state index in [-0.39, 0.29) is 30.4 Å². The van der Waals surface area contributed by atoms with E-state index in [1.807, 2.05) is 18.2 Å². The third-order valence-corrected chi connectivity index (χ3v) is 5.84. The summed E-state index contributed by atoms with van der Waals surface area (Å²) < 4.78 is 32.8. The molecular weight excluding hydrogens is 394 g/mol. The minimum absolute atomic E-state index is 0.00489. The van der Waals surface area contributed by atoms with E-state index in [9.17, 15) is 13.6 Å². The first kappa shape index (κ1) is 19.6. The maximum Gasteiger partial charge on any atom is 0.326 e. The summed E-state index contributed by atoms with van der Waals surface area (Å²) in [5.41, 5.74) is 3.70. The van der Waals surface area contributed by atoms with Crippen molar-refractivity contribution in [2.75, 3.05) is 18.1 Å². The molecule has 4 rings (SSSR count). The monoisotopic (exact) mass is 414 g/mol. The van der Waals surface area contributed by atoms with E-state index in [4.69, 9.17) is 4.74 Å². The molecule has 1 aromatic heterocycles. The largest absolute Gasteiger partial charge is 0.465 e. The van der Waals surface area contributed by atoms with Crippen LogP contribution in [0.1, 0.15) is 30.9 Å². The summed E-state index contributed by atoms with van der Waals surface area (Å²) in [6, 6.07) is 8.03. The minimum Gasteiger partial charge on any atom is -0.465 e. The lowest BCUT2D eigenvalue weighted by atomic mass is 10.0. The Labute approximate surface area is 172 Å². The van der Waals surface area contributed by atoms with Crippen LogP contribution in [0.25, 0.3) is 5.57 Å². The topological polar surface area (TPSA) is 42.4 Å². The molecule has 1 aliphatic carbocycles. The highest BCUT2D eigenvalue weighted by Gasteiger charge is 2.30. The van der Waals surface area contributed by atoms with Gasteiger partial charge in [0.15, 0.2) is 11.6 Å². The number of carbonyl (C=O) groups excluding carboxylic acids is 1. The Hall–Kier alpha value is -2.67. The van der Waals surface area contributed by atoms with E-state index in [0.717, 1.165) is 35.1 Å². The molecule has 0 unspecified atom stereocenters. The van der Waals surface area contributed by atoms with Gasteiger partial charge in [0, 0.05) is 23.1 Å². The Bertz CT molecular complexity index is 1010. The molecule has 0 N–H and O–H groups in total. The molecule has 2 aromatic rings. The van der Waals surface area contributed by atoms with Gasteiger partial charge in [-0.25, -0.2) is 13.8 Å². The molecule has 1 fully saturated rings. The van der Waals surface area contributed by atoms with E-state index in [0.29, 0.717) is 5.82 Å². The van der Waals surface area contributed by atoms with Gasteiger partial charge in [0.1, 0.15) is 12.4 Å². The lowest BCUT2D eigenvalue weighted by Gasteiger charge is -2.31. The van der Waals surface area contributed by atoms with Crippen molar-refractivity contribution in [2.45, 2.75) is 25.5 Å². The van der Waals surface area contributed by atoms with Gasteiger partial charge in [0.05, 0.1) is 11.6 Å². The van der Waals surface area contributed by atoms with Crippen LogP contribution >= 0.6 is 11.8 Å². The van der Waals surface area contributed by atoms with Crippen LogP contribution in [0.3, 0.4) is 0 Å². The predicted molar refractivity (Wildman–Crippen MR) is 110 cm³/mol. The lowest BCUT2D eigenvalue weighted by molar-refractivity contribution is -0.141. The molecule has 2 heterocycles. The number of nitrogens with zero attached hydrogens (tertiary/aromatic N) is 2. The van der Waals surface area contributed by atoms with Crippen molar-refractivity contribution >= 4 is 29.1 Å². The normalized spacial score (nSPS) is 15.1. The Balaban J connectivity index is 1.68. The summed E-state index contributed by atoms with van der Waals surface area (Å²) in [6.45, 7) is 2.05. The van der Waals surface area contributed by atoms with Crippen molar-refractivity contribution in [3.63, 3.8) is 0 Å². The van der Waals surface area contributed by atoms with Crippen molar-refractivity contribution in [2.24, 2.45) is 0 Å². The number of carbonyl (C=O) groups is 1. The summed E-state index contributed by atoms with van der Waals surface area (Å²) in [7, 11) is 0. The molecule has 0 atom stereocenters. The first-order valence-electron chi connectivity index (χ1n) is 9.46. The van der Waals surface area contributed by atoms with Gasteiger partial charge >= 0.3 is 5.97 Å². The van der Waals surface area contributed by atoms with E-state index in [1.54, 1.807) is 24.1 Å². The molecule has 0 amide bonds. The molecular formula is C22H20F2N2O2S. The molecule has 4 nitrogen and oxygen atoms in total. The SMILES string of the molecule is CCOC(=O)CN1C(SCc2cccc(F)c2F)=CC(=C2CC2)c2cccnc21. The Kier molecular flexibility index (Phi) is 5.67. The second kappa shape index (κ2) is 8.37. The fourth-order valence-corrected chi connectivity index (χ4v) is 4.28. The number of hydrogen-bond donors (Lipinski definition) is 0. The second-order valence-corrected chi connectivity index (χ2v) is 7.76. The van der Waals surface area contributed by atoms with Crippen molar-refractivity contribution in [1.29, 1.82) is 0 Å². The molecule has 0 saturated heterocycles. The van der Waals surface area contributed by atoms with Crippen LogP contribution in [0.4, 0.5) is 14.6 Å². The van der Waals surface area contributed by atoms with Crippen molar-refractivity contribution < 1.29 is 18.3 Å². The number of hydrogen-bond acceptors (Lipinski definition) is 5. The molecule has 1 aromatic carbocycles. The number of ether oxygens (including phenoxy) is 1. The van der Waals surface area contributed by atoms with Gasteiger partial charge in [0.25, 0.3) is 0 Å². The predicted octanol–water partition coefficient (Wildman–Crippen LogP) is 5.07. The Morgan fingerprint density at radius 1 is 1.24 bits per heavy atom. The molecule has 0 spiro atoms. The molecule has 0 radical (unpaired) electrons. The summed E-state index contributed by atoms with van der Waals surface area (Å²) >= 11 is 1.35. The van der Waals surface area contributed by atoms with Gasteiger partial charge in [-0.05, 0) is 49.6 Å². The Morgan fingerprint density at radius 3 is 2.83 bits per heavy atom. The van der Waals surface area contributed by atoms with Gasteiger partial charge in [0.2, 0.25) is 0 Å². The van der Waals surface area contributed by atoms with Gasteiger partial charge in [-0.2, -0.15) is 0 Å². The zero-order valence-electron chi connectivity index (χ0n) is 16.0. The smallest absolute Gasteiger partial charge is 0.326 e. The van der Waals surface area contributed by atoms with Gasteiger partial charge in [-0.15, -0.1) is 11.8 Å². The number of allylic oxidation sites excluding steroid dienone is 3. The second-order valence-electron chi connectivity index (χ2n) is 6.77. The third kappa shape index (κ3) is 4.19. The summed E-state index contributed by atoms with van der Waals surface area (Å²) in [6.07, 6.45) is 5.78. The van der Waals surface area contributed by atoms with Crippen LogP contribution in [0.15, 0.2) is 53.2 Å². The number of benzene rings is 1. The Morgan fingerprint density at radius 2 is 2.07 bits per heavy atom. The first-order chi connectivity index (χ1) is 14.1. The van der Waals surface area contributed by atoms with Crippen LogP contribution in [0.5, 0.6) is 0 Å². The number of fused-ring (bicyclic) bond motifs is 1. The van der Waals surface area contributed by atoms with Crippen LogP contribution in [-0.2, 0) is 15.3 Å².